The monoisotopic (exact) mass is 403 g/mol. The summed E-state index contributed by atoms with van der Waals surface area (Å²) < 4.78 is 0. The lowest BCUT2D eigenvalue weighted by Gasteiger charge is -2.51. The summed E-state index contributed by atoms with van der Waals surface area (Å²) in [5, 5.41) is 10.5. The number of carbonyl (C=O) groups is 1. The molecule has 2 heterocycles. The van der Waals surface area contributed by atoms with Gasteiger partial charge in [0.15, 0.2) is 0 Å². The van der Waals surface area contributed by atoms with Crippen LogP contribution in [0.2, 0.25) is 5.02 Å². The molecule has 4 heteroatoms. The van der Waals surface area contributed by atoms with Crippen LogP contribution in [0.1, 0.15) is 57.8 Å². The van der Waals surface area contributed by atoms with Crippen molar-refractivity contribution in [1.82, 2.24) is 0 Å². The van der Waals surface area contributed by atoms with E-state index in [2.05, 4.69) is 41.3 Å². The fraction of sp³-hybridized carbons (Fsp3) is 0.320. The van der Waals surface area contributed by atoms with E-state index in [1.54, 1.807) is 0 Å². The molecule has 5 atom stereocenters. The van der Waals surface area contributed by atoms with Crippen molar-refractivity contribution in [3.8, 4) is 0 Å². The second-order valence-electron chi connectivity index (χ2n) is 8.76. The smallest absolute Gasteiger partial charge is 0.335 e. The van der Waals surface area contributed by atoms with Crippen LogP contribution in [0.5, 0.6) is 0 Å². The maximum absolute atomic E-state index is 11.9. The molecular formula is C25H22ClNO2. The fourth-order valence-corrected chi connectivity index (χ4v) is 6.26. The van der Waals surface area contributed by atoms with Crippen LogP contribution in [0.25, 0.3) is 0 Å². The van der Waals surface area contributed by atoms with Gasteiger partial charge >= 0.3 is 5.97 Å². The van der Waals surface area contributed by atoms with Gasteiger partial charge in [-0.2, -0.15) is 0 Å². The first kappa shape index (κ1) is 17.3. The SMILES string of the molecule is O=C(O)c1cc2c3c(c1)[C@H]1C=CC[C@H]1[C@H](c1ccc(Cl)cc1)N3C[C@H]1CC=C[C@H]21. The van der Waals surface area contributed by atoms with Crippen molar-refractivity contribution in [1.29, 1.82) is 0 Å². The number of allylic oxidation sites excluding steroid dienone is 4. The number of benzene rings is 2. The largest absolute Gasteiger partial charge is 0.478 e. The van der Waals surface area contributed by atoms with E-state index in [4.69, 9.17) is 11.6 Å². The Morgan fingerprint density at radius 1 is 1.00 bits per heavy atom. The van der Waals surface area contributed by atoms with Crippen LogP contribution < -0.4 is 4.90 Å². The number of carboxylic acids is 1. The Morgan fingerprint density at radius 2 is 1.69 bits per heavy atom. The zero-order chi connectivity index (χ0) is 19.7. The molecule has 0 bridgehead atoms. The highest BCUT2D eigenvalue weighted by Gasteiger charge is 2.48. The second kappa shape index (κ2) is 6.24. The number of rotatable bonds is 2. The normalized spacial score (nSPS) is 30.8. The predicted octanol–water partition coefficient (Wildman–Crippen LogP) is 5.93. The molecule has 0 saturated carbocycles. The maximum atomic E-state index is 11.9. The highest BCUT2D eigenvalue weighted by molar-refractivity contribution is 6.30. The maximum Gasteiger partial charge on any atom is 0.335 e. The number of hydrogen-bond acceptors (Lipinski definition) is 2. The van der Waals surface area contributed by atoms with Crippen LogP contribution in [-0.2, 0) is 0 Å². The van der Waals surface area contributed by atoms with Gasteiger partial charge in [0.1, 0.15) is 0 Å². The average molecular weight is 404 g/mol. The van der Waals surface area contributed by atoms with E-state index in [-0.39, 0.29) is 12.0 Å². The van der Waals surface area contributed by atoms with Gasteiger partial charge in [0.25, 0.3) is 0 Å². The molecule has 0 aromatic heterocycles. The standard InChI is InChI=1S/C25H22ClNO2/c26-17-9-7-14(8-10-17)23-20-6-2-5-19(20)22-12-16(25(28)29)11-21-18-4-1-3-15(18)13-27(23)24(21)22/h1-2,4-5,7-12,15,18-20,23H,3,6,13H2,(H,28,29)/t15-,18+,19+,20-,23+/m1/s1. The highest BCUT2D eigenvalue weighted by atomic mass is 35.5. The van der Waals surface area contributed by atoms with Gasteiger partial charge in [-0.05, 0) is 65.6 Å². The molecule has 3 nitrogen and oxygen atoms in total. The van der Waals surface area contributed by atoms with E-state index < -0.39 is 5.97 Å². The molecule has 0 unspecified atom stereocenters. The summed E-state index contributed by atoms with van der Waals surface area (Å²) in [4.78, 5) is 14.5. The van der Waals surface area contributed by atoms with E-state index in [9.17, 15) is 9.90 Å². The molecule has 4 aliphatic rings. The van der Waals surface area contributed by atoms with E-state index in [1.165, 1.54) is 22.4 Å². The molecular weight excluding hydrogens is 382 g/mol. The Hall–Kier alpha value is -2.52. The van der Waals surface area contributed by atoms with Crippen LogP contribution >= 0.6 is 11.6 Å². The molecule has 0 amide bonds. The molecule has 2 aliphatic carbocycles. The van der Waals surface area contributed by atoms with Crippen molar-refractivity contribution in [3.05, 3.63) is 88.0 Å². The Labute approximate surface area is 175 Å². The molecule has 2 aromatic carbocycles. The third kappa shape index (κ3) is 2.47. The van der Waals surface area contributed by atoms with Gasteiger partial charge in [-0.15, -0.1) is 0 Å². The van der Waals surface area contributed by atoms with Crippen molar-refractivity contribution < 1.29 is 9.90 Å². The Bertz CT molecular complexity index is 1050. The summed E-state index contributed by atoms with van der Waals surface area (Å²) in [7, 11) is 0. The van der Waals surface area contributed by atoms with Crippen molar-refractivity contribution >= 4 is 23.3 Å². The number of nitrogens with zero attached hydrogens (tertiary/aromatic N) is 1. The zero-order valence-corrected chi connectivity index (χ0v) is 16.7. The molecule has 2 aliphatic heterocycles. The summed E-state index contributed by atoms with van der Waals surface area (Å²) in [6.45, 7) is 1.01. The number of aromatic carboxylic acids is 1. The minimum absolute atomic E-state index is 0.266. The third-order valence-electron chi connectivity index (χ3n) is 7.31. The third-order valence-corrected chi connectivity index (χ3v) is 7.56. The summed E-state index contributed by atoms with van der Waals surface area (Å²) in [5.74, 6) is 0.693. The predicted molar refractivity (Wildman–Crippen MR) is 115 cm³/mol. The molecule has 0 fully saturated rings. The van der Waals surface area contributed by atoms with Gasteiger partial charge in [-0.1, -0.05) is 48.0 Å². The van der Waals surface area contributed by atoms with Gasteiger partial charge in [-0.3, -0.25) is 0 Å². The fourth-order valence-electron chi connectivity index (χ4n) is 6.14. The first-order valence-corrected chi connectivity index (χ1v) is 10.8. The average Bonchev–Trinajstić information content (AvgIpc) is 3.38. The van der Waals surface area contributed by atoms with Crippen LogP contribution in [0.3, 0.4) is 0 Å². The lowest BCUT2D eigenvalue weighted by atomic mass is 9.70. The quantitative estimate of drug-likeness (QED) is 0.631. The van der Waals surface area contributed by atoms with Crippen LogP contribution in [0.4, 0.5) is 5.69 Å². The summed E-state index contributed by atoms with van der Waals surface area (Å²) in [6, 6.07) is 12.5. The number of carboxylic acid groups (broad SMARTS) is 1. The number of fused-ring (bicyclic) bond motifs is 4. The lowest BCUT2D eigenvalue weighted by Crippen LogP contribution is -2.46. The Morgan fingerprint density at radius 3 is 2.45 bits per heavy atom. The Balaban J connectivity index is 1.59. The van der Waals surface area contributed by atoms with Gasteiger partial charge < -0.3 is 10.0 Å². The van der Waals surface area contributed by atoms with E-state index >= 15 is 0 Å². The topological polar surface area (TPSA) is 40.5 Å². The van der Waals surface area contributed by atoms with Crippen molar-refractivity contribution in [2.45, 2.75) is 30.7 Å². The second-order valence-corrected chi connectivity index (χ2v) is 9.20. The van der Waals surface area contributed by atoms with Crippen LogP contribution in [0, 0.1) is 11.8 Å². The Kier molecular flexibility index (Phi) is 3.73. The molecule has 1 N–H and O–H groups in total. The zero-order valence-electron chi connectivity index (χ0n) is 16.0. The van der Waals surface area contributed by atoms with Crippen LogP contribution in [0.15, 0.2) is 60.7 Å². The number of anilines is 1. The summed E-state index contributed by atoms with van der Waals surface area (Å²) in [6.07, 6.45) is 11.2. The summed E-state index contributed by atoms with van der Waals surface area (Å²) in [5.41, 5.74) is 5.39. The molecule has 0 saturated heterocycles. The molecule has 2 aromatic rings. The van der Waals surface area contributed by atoms with Gasteiger partial charge in [-0.25, -0.2) is 4.79 Å². The first-order chi connectivity index (χ1) is 14.1. The van der Waals surface area contributed by atoms with E-state index in [1.807, 2.05) is 24.3 Å². The van der Waals surface area contributed by atoms with Gasteiger partial charge in [0.2, 0.25) is 0 Å². The van der Waals surface area contributed by atoms with Gasteiger partial charge in [0, 0.05) is 29.1 Å². The minimum atomic E-state index is -0.835. The van der Waals surface area contributed by atoms with Crippen molar-refractivity contribution in [2.75, 3.05) is 11.4 Å². The first-order valence-electron chi connectivity index (χ1n) is 10.4. The number of halogens is 1. The molecule has 29 heavy (non-hydrogen) atoms. The van der Waals surface area contributed by atoms with E-state index in [0.29, 0.717) is 23.3 Å². The molecule has 146 valence electrons. The molecule has 0 radical (unpaired) electrons. The van der Waals surface area contributed by atoms with Crippen molar-refractivity contribution in [2.24, 2.45) is 11.8 Å². The molecule has 6 rings (SSSR count). The lowest BCUT2D eigenvalue weighted by molar-refractivity contribution is 0.0696. The number of hydrogen-bond donors (Lipinski definition) is 1. The van der Waals surface area contributed by atoms with Gasteiger partial charge in [0.05, 0.1) is 11.6 Å². The highest BCUT2D eigenvalue weighted by Crippen LogP contribution is 2.58. The van der Waals surface area contributed by atoms with Crippen molar-refractivity contribution in [3.63, 3.8) is 0 Å². The molecule has 0 spiro atoms. The summed E-state index contributed by atoms with van der Waals surface area (Å²) >= 11 is 6.18. The van der Waals surface area contributed by atoms with E-state index in [0.717, 1.165) is 24.4 Å². The van der Waals surface area contributed by atoms with Crippen LogP contribution in [-0.4, -0.2) is 17.6 Å². The minimum Gasteiger partial charge on any atom is -0.478 e.